The maximum absolute atomic E-state index is 12.1. The Hall–Kier alpha value is -2.10. The molecular formula is C15H16N2O2. The molecule has 1 aliphatic carbocycles. The zero-order valence-electron chi connectivity index (χ0n) is 10.8. The summed E-state index contributed by atoms with van der Waals surface area (Å²) in [5.74, 6) is 0.000196. The highest BCUT2D eigenvalue weighted by molar-refractivity contribution is 5.94. The number of hydrogen-bond acceptors (Lipinski definition) is 3. The summed E-state index contributed by atoms with van der Waals surface area (Å²) in [6, 6.07) is 10.0. The van der Waals surface area contributed by atoms with Crippen LogP contribution in [0.15, 0.2) is 41.0 Å². The van der Waals surface area contributed by atoms with Gasteiger partial charge in [0.2, 0.25) is 5.91 Å². The predicted molar refractivity (Wildman–Crippen MR) is 72.5 cm³/mol. The number of rotatable bonds is 3. The van der Waals surface area contributed by atoms with Crippen molar-refractivity contribution in [3.05, 3.63) is 36.6 Å². The summed E-state index contributed by atoms with van der Waals surface area (Å²) in [6.45, 7) is 1.98. The summed E-state index contributed by atoms with van der Waals surface area (Å²) in [5.41, 5.74) is 1.46. The van der Waals surface area contributed by atoms with Crippen LogP contribution in [0.25, 0.3) is 11.3 Å². The molecule has 0 unspecified atom stereocenters. The summed E-state index contributed by atoms with van der Waals surface area (Å²) in [7, 11) is 0. The Morgan fingerprint density at radius 1 is 1.32 bits per heavy atom. The second-order valence-corrected chi connectivity index (χ2v) is 5.27. The number of amides is 1. The van der Waals surface area contributed by atoms with Gasteiger partial charge in [-0.3, -0.25) is 10.1 Å². The first-order chi connectivity index (χ1) is 9.17. The number of nitrogens with zero attached hydrogens (tertiary/aromatic N) is 1. The van der Waals surface area contributed by atoms with Gasteiger partial charge in [0.15, 0.2) is 0 Å². The van der Waals surface area contributed by atoms with Crippen LogP contribution < -0.4 is 5.32 Å². The summed E-state index contributed by atoms with van der Waals surface area (Å²) < 4.78 is 5.31. The van der Waals surface area contributed by atoms with Gasteiger partial charge in [-0.15, -0.1) is 0 Å². The quantitative estimate of drug-likeness (QED) is 0.914. The molecule has 1 heterocycles. The third-order valence-corrected chi connectivity index (χ3v) is 3.80. The summed E-state index contributed by atoms with van der Waals surface area (Å²) >= 11 is 0. The maximum Gasteiger partial charge on any atom is 0.301 e. The van der Waals surface area contributed by atoms with E-state index in [1.54, 1.807) is 6.26 Å². The van der Waals surface area contributed by atoms with Gasteiger partial charge in [-0.2, -0.15) is 4.98 Å². The molecule has 4 heteroatoms. The predicted octanol–water partition coefficient (Wildman–Crippen LogP) is 3.47. The standard InChI is InChI=1S/C15H16N2O2/c1-15(8-5-9-15)13(18)17-14-16-12(10-19-14)11-6-3-2-4-7-11/h2-4,6-7,10H,5,8-9H2,1H3,(H,16,17,18). The van der Waals surface area contributed by atoms with Crippen molar-refractivity contribution in [3.8, 4) is 11.3 Å². The zero-order valence-corrected chi connectivity index (χ0v) is 10.8. The molecule has 0 spiro atoms. The highest BCUT2D eigenvalue weighted by atomic mass is 16.4. The Bertz CT molecular complexity index is 585. The smallest absolute Gasteiger partial charge is 0.301 e. The zero-order chi connectivity index (χ0) is 13.3. The van der Waals surface area contributed by atoms with Crippen LogP contribution in [-0.2, 0) is 4.79 Å². The van der Waals surface area contributed by atoms with Gasteiger partial charge >= 0.3 is 6.01 Å². The van der Waals surface area contributed by atoms with Crippen LogP contribution in [0.3, 0.4) is 0 Å². The number of carbonyl (C=O) groups is 1. The number of oxazole rings is 1. The van der Waals surface area contributed by atoms with Crippen molar-refractivity contribution in [1.82, 2.24) is 4.98 Å². The van der Waals surface area contributed by atoms with Crippen LogP contribution >= 0.6 is 0 Å². The topological polar surface area (TPSA) is 55.1 Å². The number of aromatic nitrogens is 1. The van der Waals surface area contributed by atoms with Crippen LogP contribution in [-0.4, -0.2) is 10.9 Å². The van der Waals surface area contributed by atoms with Crippen molar-refractivity contribution < 1.29 is 9.21 Å². The van der Waals surface area contributed by atoms with Crippen LogP contribution in [0.5, 0.6) is 0 Å². The second kappa shape index (κ2) is 4.53. The van der Waals surface area contributed by atoms with E-state index < -0.39 is 0 Å². The molecular weight excluding hydrogens is 240 g/mol. The third kappa shape index (κ3) is 2.26. The van der Waals surface area contributed by atoms with E-state index in [1.807, 2.05) is 37.3 Å². The molecule has 1 aromatic heterocycles. The molecule has 98 valence electrons. The Kier molecular flexibility index (Phi) is 2.85. The monoisotopic (exact) mass is 256 g/mol. The van der Waals surface area contributed by atoms with E-state index in [9.17, 15) is 4.79 Å². The van der Waals surface area contributed by atoms with Crippen LogP contribution in [0.1, 0.15) is 26.2 Å². The second-order valence-electron chi connectivity index (χ2n) is 5.27. The van der Waals surface area contributed by atoms with E-state index in [2.05, 4.69) is 10.3 Å². The molecule has 4 nitrogen and oxygen atoms in total. The molecule has 3 rings (SSSR count). The molecule has 0 atom stereocenters. The van der Waals surface area contributed by atoms with Crippen LogP contribution in [0, 0.1) is 5.41 Å². The Balaban J connectivity index is 1.74. The summed E-state index contributed by atoms with van der Waals surface area (Å²) in [5, 5.41) is 2.76. The number of benzene rings is 1. The maximum atomic E-state index is 12.1. The molecule has 0 saturated heterocycles. The minimum atomic E-state index is -0.249. The fraction of sp³-hybridized carbons (Fsp3) is 0.333. The van der Waals surface area contributed by atoms with Gasteiger partial charge in [0.25, 0.3) is 0 Å². The first kappa shape index (κ1) is 12.0. The first-order valence-corrected chi connectivity index (χ1v) is 6.50. The lowest BCUT2D eigenvalue weighted by molar-refractivity contribution is -0.129. The van der Waals surface area contributed by atoms with Crippen molar-refractivity contribution >= 4 is 11.9 Å². The lowest BCUT2D eigenvalue weighted by Crippen LogP contribution is -2.39. The molecule has 1 aliphatic rings. The van der Waals surface area contributed by atoms with Gasteiger partial charge in [-0.25, -0.2) is 0 Å². The molecule has 0 aliphatic heterocycles. The van der Waals surface area contributed by atoms with E-state index in [0.717, 1.165) is 30.5 Å². The van der Waals surface area contributed by atoms with E-state index in [0.29, 0.717) is 0 Å². The average Bonchev–Trinajstić information content (AvgIpc) is 2.85. The SMILES string of the molecule is CC1(C(=O)Nc2nc(-c3ccccc3)co2)CCC1. The first-order valence-electron chi connectivity index (χ1n) is 6.50. The molecule has 1 fully saturated rings. The highest BCUT2D eigenvalue weighted by Gasteiger charge is 2.39. The summed E-state index contributed by atoms with van der Waals surface area (Å²) in [6.07, 6.45) is 4.55. The molecule has 1 saturated carbocycles. The average molecular weight is 256 g/mol. The third-order valence-electron chi connectivity index (χ3n) is 3.80. The molecule has 19 heavy (non-hydrogen) atoms. The normalized spacial score (nSPS) is 16.7. The van der Waals surface area contributed by atoms with Gasteiger partial charge in [-0.1, -0.05) is 43.7 Å². The largest absolute Gasteiger partial charge is 0.431 e. The van der Waals surface area contributed by atoms with E-state index in [4.69, 9.17) is 4.42 Å². The van der Waals surface area contributed by atoms with Crippen LogP contribution in [0.4, 0.5) is 6.01 Å². The summed E-state index contributed by atoms with van der Waals surface area (Å²) in [4.78, 5) is 16.3. The highest BCUT2D eigenvalue weighted by Crippen LogP contribution is 2.41. The number of anilines is 1. The molecule has 1 amide bonds. The lowest BCUT2D eigenvalue weighted by atomic mass is 9.70. The molecule has 1 aromatic carbocycles. The van der Waals surface area contributed by atoms with Gasteiger partial charge in [0.1, 0.15) is 12.0 Å². The number of nitrogens with one attached hydrogen (secondary N) is 1. The Morgan fingerprint density at radius 3 is 2.68 bits per heavy atom. The fourth-order valence-electron chi connectivity index (χ4n) is 2.25. The van der Waals surface area contributed by atoms with Crippen molar-refractivity contribution in [2.75, 3.05) is 5.32 Å². The van der Waals surface area contributed by atoms with E-state index in [1.165, 1.54) is 0 Å². The molecule has 2 aromatic rings. The van der Waals surface area contributed by atoms with Crippen molar-refractivity contribution in [1.29, 1.82) is 0 Å². The molecule has 0 bridgehead atoms. The van der Waals surface area contributed by atoms with Crippen molar-refractivity contribution in [2.45, 2.75) is 26.2 Å². The van der Waals surface area contributed by atoms with Gasteiger partial charge in [0, 0.05) is 11.0 Å². The lowest BCUT2D eigenvalue weighted by Gasteiger charge is -2.35. The van der Waals surface area contributed by atoms with Crippen molar-refractivity contribution in [2.24, 2.45) is 5.41 Å². The molecule has 1 N–H and O–H groups in total. The van der Waals surface area contributed by atoms with Gasteiger partial charge in [-0.05, 0) is 12.8 Å². The van der Waals surface area contributed by atoms with Crippen molar-refractivity contribution in [3.63, 3.8) is 0 Å². The fourth-order valence-corrected chi connectivity index (χ4v) is 2.25. The van der Waals surface area contributed by atoms with Crippen LogP contribution in [0.2, 0.25) is 0 Å². The van der Waals surface area contributed by atoms with E-state index >= 15 is 0 Å². The molecule has 0 radical (unpaired) electrons. The van der Waals surface area contributed by atoms with Gasteiger partial charge in [0.05, 0.1) is 0 Å². The number of hydrogen-bond donors (Lipinski definition) is 1. The van der Waals surface area contributed by atoms with Gasteiger partial charge < -0.3 is 4.42 Å². The van der Waals surface area contributed by atoms with E-state index in [-0.39, 0.29) is 17.3 Å². The minimum Gasteiger partial charge on any atom is -0.431 e. The Morgan fingerprint density at radius 2 is 2.05 bits per heavy atom. The Labute approximate surface area is 111 Å². The number of carbonyl (C=O) groups excluding carboxylic acids is 1. The minimum absolute atomic E-state index is 0.000196.